The first-order valence-electron chi connectivity index (χ1n) is 7.00. The van der Waals surface area contributed by atoms with Crippen molar-refractivity contribution in [1.29, 1.82) is 0 Å². The van der Waals surface area contributed by atoms with Gasteiger partial charge in [0, 0.05) is 5.56 Å². The number of benzene rings is 1. The second-order valence-electron chi connectivity index (χ2n) is 5.28. The quantitative estimate of drug-likeness (QED) is 0.586. The van der Waals surface area contributed by atoms with Crippen LogP contribution in [0.5, 0.6) is 0 Å². The van der Waals surface area contributed by atoms with E-state index in [9.17, 15) is 19.7 Å². The summed E-state index contributed by atoms with van der Waals surface area (Å²) in [5, 5.41) is 37.5. The summed E-state index contributed by atoms with van der Waals surface area (Å²) >= 11 is 4.10. The minimum Gasteiger partial charge on any atom is -0.394 e. The van der Waals surface area contributed by atoms with Crippen LogP contribution in [-0.2, 0) is 4.74 Å². The Hall–Kier alpha value is -1.52. The van der Waals surface area contributed by atoms with Crippen molar-refractivity contribution >= 4 is 12.6 Å². The Kier molecular flexibility index (Phi) is 4.64. The molecule has 0 radical (unpaired) electrons. The van der Waals surface area contributed by atoms with Gasteiger partial charge in [0.05, 0.1) is 12.8 Å². The molecule has 3 N–H and O–H groups in total. The molecule has 9 heteroatoms. The van der Waals surface area contributed by atoms with E-state index in [-0.39, 0.29) is 11.3 Å². The molecule has 3 rings (SSSR count). The van der Waals surface area contributed by atoms with Crippen LogP contribution >= 0.6 is 12.6 Å². The van der Waals surface area contributed by atoms with Crippen LogP contribution in [0.25, 0.3) is 11.3 Å². The molecule has 7 nitrogen and oxygen atoms in total. The molecule has 2 unspecified atom stereocenters. The highest BCUT2D eigenvalue weighted by Gasteiger charge is 2.44. The molecule has 0 amide bonds. The lowest BCUT2D eigenvalue weighted by molar-refractivity contribution is -0.178. The summed E-state index contributed by atoms with van der Waals surface area (Å²) in [5.74, 6) is -0.451. The van der Waals surface area contributed by atoms with Crippen LogP contribution in [0, 0.1) is 5.82 Å². The first kappa shape index (κ1) is 16.3. The van der Waals surface area contributed by atoms with Crippen LogP contribution in [-0.4, -0.2) is 60.7 Å². The maximum Gasteiger partial charge on any atom is 0.132 e. The lowest BCUT2D eigenvalue weighted by Gasteiger charge is -2.40. The van der Waals surface area contributed by atoms with E-state index >= 15 is 0 Å². The van der Waals surface area contributed by atoms with Crippen LogP contribution in [0.2, 0.25) is 0 Å². The standard InChI is InChI=1S/C14H16FN3O4S/c15-8-4-2-1-3-7(8)9-5-18(17-16-9)11-12(20)10(6-19)22-14(23)13(11)21/h1-5,10-14,19-21,23H,6H2/t10?,11-,12-,13?,14-/m0/s1. The molecule has 1 fully saturated rings. The largest absolute Gasteiger partial charge is 0.394 e. The summed E-state index contributed by atoms with van der Waals surface area (Å²) in [4.78, 5) is 0. The number of aromatic nitrogens is 3. The fraction of sp³-hybridized carbons (Fsp3) is 0.429. The van der Waals surface area contributed by atoms with Gasteiger partial charge in [-0.3, -0.25) is 0 Å². The van der Waals surface area contributed by atoms with Gasteiger partial charge in [0.15, 0.2) is 0 Å². The van der Waals surface area contributed by atoms with E-state index in [4.69, 9.17) is 4.74 Å². The second-order valence-corrected chi connectivity index (χ2v) is 5.79. The Bertz CT molecular complexity index is 686. The van der Waals surface area contributed by atoms with Crippen LogP contribution in [0.1, 0.15) is 6.04 Å². The van der Waals surface area contributed by atoms with Crippen molar-refractivity contribution in [2.75, 3.05) is 6.61 Å². The van der Waals surface area contributed by atoms with Crippen molar-refractivity contribution in [3.05, 3.63) is 36.3 Å². The molecule has 5 atom stereocenters. The maximum atomic E-state index is 13.8. The molecular weight excluding hydrogens is 325 g/mol. The highest BCUT2D eigenvalue weighted by Crippen LogP contribution is 2.32. The van der Waals surface area contributed by atoms with Crippen molar-refractivity contribution in [1.82, 2.24) is 15.0 Å². The molecule has 0 aliphatic carbocycles. The number of thiol groups is 1. The average molecular weight is 341 g/mol. The van der Waals surface area contributed by atoms with Gasteiger partial charge in [0.25, 0.3) is 0 Å². The van der Waals surface area contributed by atoms with Crippen molar-refractivity contribution in [3.63, 3.8) is 0 Å². The zero-order valence-corrected chi connectivity index (χ0v) is 12.8. The van der Waals surface area contributed by atoms with E-state index in [1.165, 1.54) is 16.9 Å². The second kappa shape index (κ2) is 6.54. The van der Waals surface area contributed by atoms with Gasteiger partial charge >= 0.3 is 0 Å². The molecule has 1 aliphatic heterocycles. The molecule has 1 aromatic carbocycles. The van der Waals surface area contributed by atoms with Gasteiger partial charge in [-0.2, -0.15) is 0 Å². The number of aliphatic hydroxyl groups is 3. The van der Waals surface area contributed by atoms with Gasteiger partial charge < -0.3 is 20.1 Å². The highest BCUT2D eigenvalue weighted by atomic mass is 32.1. The number of hydrogen-bond acceptors (Lipinski definition) is 7. The maximum absolute atomic E-state index is 13.8. The highest BCUT2D eigenvalue weighted by molar-refractivity contribution is 7.80. The van der Waals surface area contributed by atoms with E-state index < -0.39 is 42.2 Å². The first-order chi connectivity index (χ1) is 11.0. The van der Waals surface area contributed by atoms with E-state index in [0.717, 1.165) is 0 Å². The molecule has 0 saturated carbocycles. The summed E-state index contributed by atoms with van der Waals surface area (Å²) in [6, 6.07) is 5.17. The number of ether oxygens (including phenoxy) is 1. The molecule has 124 valence electrons. The number of hydrogen-bond donors (Lipinski definition) is 4. The summed E-state index contributed by atoms with van der Waals surface area (Å²) < 4.78 is 20.3. The Balaban J connectivity index is 1.94. The average Bonchev–Trinajstić information content (AvgIpc) is 3.01. The zero-order valence-electron chi connectivity index (χ0n) is 11.9. The molecule has 2 heterocycles. The predicted molar refractivity (Wildman–Crippen MR) is 81.2 cm³/mol. The third-order valence-electron chi connectivity index (χ3n) is 3.83. The first-order valence-corrected chi connectivity index (χ1v) is 7.52. The van der Waals surface area contributed by atoms with Crippen LogP contribution in [0.3, 0.4) is 0 Å². The zero-order chi connectivity index (χ0) is 16.6. The summed E-state index contributed by atoms with van der Waals surface area (Å²) in [5.41, 5.74) is -0.372. The van der Waals surface area contributed by atoms with Crippen LogP contribution in [0.15, 0.2) is 30.5 Å². The van der Waals surface area contributed by atoms with Crippen molar-refractivity contribution in [2.45, 2.75) is 29.8 Å². The summed E-state index contributed by atoms with van der Waals surface area (Å²) in [6.45, 7) is -0.434. The molecule has 23 heavy (non-hydrogen) atoms. The van der Waals surface area contributed by atoms with Gasteiger partial charge in [-0.25, -0.2) is 9.07 Å². The van der Waals surface area contributed by atoms with Gasteiger partial charge in [-0.15, -0.1) is 17.7 Å². The van der Waals surface area contributed by atoms with Crippen molar-refractivity contribution in [3.8, 4) is 11.3 Å². The van der Waals surface area contributed by atoms with E-state index in [1.807, 2.05) is 0 Å². The molecule has 0 bridgehead atoms. The molecule has 2 aromatic rings. The number of rotatable bonds is 3. The Morgan fingerprint density at radius 3 is 2.70 bits per heavy atom. The Morgan fingerprint density at radius 2 is 2.00 bits per heavy atom. The molecule has 1 aliphatic rings. The minimum absolute atomic E-state index is 0.260. The number of aliphatic hydroxyl groups excluding tert-OH is 3. The predicted octanol–water partition coefficient (Wildman–Crippen LogP) is -0.00590. The van der Waals surface area contributed by atoms with E-state index in [2.05, 4.69) is 22.9 Å². The fourth-order valence-corrected chi connectivity index (χ4v) is 2.94. The topological polar surface area (TPSA) is 101 Å². The van der Waals surface area contributed by atoms with Gasteiger partial charge in [-0.1, -0.05) is 17.3 Å². The molecule has 0 spiro atoms. The summed E-state index contributed by atoms with van der Waals surface area (Å²) in [7, 11) is 0. The van der Waals surface area contributed by atoms with Crippen molar-refractivity contribution in [2.24, 2.45) is 0 Å². The van der Waals surface area contributed by atoms with E-state index in [1.54, 1.807) is 18.2 Å². The van der Waals surface area contributed by atoms with Crippen molar-refractivity contribution < 1.29 is 24.4 Å². The normalized spacial score (nSPS) is 31.3. The SMILES string of the molecule is OCC1O[C@@H](S)C(O)[C@@H](n2cc(-c3ccccc3F)nn2)[C@H]1O. The van der Waals surface area contributed by atoms with E-state index in [0.29, 0.717) is 0 Å². The fourth-order valence-electron chi connectivity index (χ4n) is 2.61. The Labute approximate surface area is 136 Å². The third-order valence-corrected chi connectivity index (χ3v) is 4.26. The van der Waals surface area contributed by atoms with Gasteiger partial charge in [0.2, 0.25) is 0 Å². The molecular formula is C14H16FN3O4S. The van der Waals surface area contributed by atoms with Gasteiger partial charge in [0.1, 0.15) is 41.3 Å². The third kappa shape index (κ3) is 2.98. The molecule has 1 saturated heterocycles. The monoisotopic (exact) mass is 341 g/mol. The van der Waals surface area contributed by atoms with Crippen LogP contribution in [0.4, 0.5) is 4.39 Å². The smallest absolute Gasteiger partial charge is 0.132 e. The van der Waals surface area contributed by atoms with Crippen LogP contribution < -0.4 is 0 Å². The summed E-state index contributed by atoms with van der Waals surface area (Å²) in [6.07, 6.45) is -1.87. The Morgan fingerprint density at radius 1 is 1.26 bits per heavy atom. The minimum atomic E-state index is -1.21. The number of nitrogens with zero attached hydrogens (tertiary/aromatic N) is 3. The number of halogens is 1. The molecule has 1 aromatic heterocycles. The lowest BCUT2D eigenvalue weighted by Crippen LogP contribution is -2.54. The lowest BCUT2D eigenvalue weighted by atomic mass is 9.97. The van der Waals surface area contributed by atoms with Gasteiger partial charge in [-0.05, 0) is 12.1 Å².